The lowest BCUT2D eigenvalue weighted by Gasteiger charge is -2.02. The largest absolute Gasteiger partial charge is 0.345 e. The summed E-state index contributed by atoms with van der Waals surface area (Å²) in [5, 5.41) is 0. The number of H-pyrrole nitrogens is 1. The number of nitrogens with one attached hydrogen (secondary N) is 1. The molecule has 0 aliphatic carbocycles. The van der Waals surface area contributed by atoms with Crippen molar-refractivity contribution in [2.45, 2.75) is 13.3 Å². The molecule has 3 heteroatoms. The van der Waals surface area contributed by atoms with Crippen LogP contribution in [-0.2, 0) is 6.42 Å². The van der Waals surface area contributed by atoms with Gasteiger partial charge in [0.2, 0.25) is 0 Å². The van der Waals surface area contributed by atoms with Crippen LogP contribution in [0.2, 0.25) is 0 Å². The van der Waals surface area contributed by atoms with Crippen molar-refractivity contribution in [1.82, 2.24) is 9.97 Å². The Morgan fingerprint density at radius 2 is 2.20 bits per heavy atom. The van der Waals surface area contributed by atoms with E-state index in [9.17, 15) is 4.79 Å². The van der Waals surface area contributed by atoms with Crippen LogP contribution in [-0.4, -0.2) is 9.97 Å². The Morgan fingerprint density at radius 1 is 1.33 bits per heavy atom. The van der Waals surface area contributed by atoms with Crippen LogP contribution >= 0.6 is 0 Å². The summed E-state index contributed by atoms with van der Waals surface area (Å²) < 4.78 is 0. The number of aromatic amines is 1. The molecule has 0 spiro atoms. The number of hydrogen-bond donors (Lipinski definition) is 1. The van der Waals surface area contributed by atoms with Gasteiger partial charge >= 0.3 is 5.69 Å². The second-order valence-corrected chi connectivity index (χ2v) is 3.34. The Hall–Kier alpha value is -1.90. The zero-order valence-corrected chi connectivity index (χ0v) is 8.53. The first kappa shape index (κ1) is 9.65. The summed E-state index contributed by atoms with van der Waals surface area (Å²) in [4.78, 5) is 17.4. The molecule has 0 bridgehead atoms. The van der Waals surface area contributed by atoms with Crippen molar-refractivity contribution >= 4 is 0 Å². The van der Waals surface area contributed by atoms with E-state index in [-0.39, 0.29) is 5.69 Å². The minimum Gasteiger partial charge on any atom is -0.305 e. The second-order valence-electron chi connectivity index (χ2n) is 3.34. The van der Waals surface area contributed by atoms with Gasteiger partial charge in [-0.1, -0.05) is 25.1 Å². The number of benzene rings is 1. The monoisotopic (exact) mass is 200 g/mol. The standard InChI is InChI=1S/C12H12N2O/c1-2-9-4-3-5-10(8-9)11-6-7-13-12(15)14-11/h3-8H,2H2,1H3,(H,13,14,15). The third-order valence-electron chi connectivity index (χ3n) is 2.32. The Kier molecular flexibility index (Phi) is 2.63. The fourth-order valence-electron chi connectivity index (χ4n) is 1.50. The molecule has 2 rings (SSSR count). The van der Waals surface area contributed by atoms with Crippen molar-refractivity contribution in [1.29, 1.82) is 0 Å². The summed E-state index contributed by atoms with van der Waals surface area (Å²) in [5.41, 5.74) is 2.78. The van der Waals surface area contributed by atoms with Crippen LogP contribution in [0, 0.1) is 0 Å². The molecule has 15 heavy (non-hydrogen) atoms. The Balaban J connectivity index is 2.49. The summed E-state index contributed by atoms with van der Waals surface area (Å²) in [7, 11) is 0. The molecule has 0 atom stereocenters. The van der Waals surface area contributed by atoms with E-state index in [1.165, 1.54) is 11.8 Å². The molecule has 2 aromatic rings. The van der Waals surface area contributed by atoms with Crippen LogP contribution in [0.3, 0.4) is 0 Å². The van der Waals surface area contributed by atoms with Gasteiger partial charge in [-0.25, -0.2) is 9.78 Å². The van der Waals surface area contributed by atoms with Crippen LogP contribution in [0.25, 0.3) is 11.3 Å². The van der Waals surface area contributed by atoms with Crippen LogP contribution in [0.4, 0.5) is 0 Å². The van der Waals surface area contributed by atoms with E-state index in [2.05, 4.69) is 29.0 Å². The molecule has 1 aromatic carbocycles. The maximum Gasteiger partial charge on any atom is 0.345 e. The third-order valence-corrected chi connectivity index (χ3v) is 2.32. The van der Waals surface area contributed by atoms with E-state index in [4.69, 9.17) is 0 Å². The van der Waals surface area contributed by atoms with Gasteiger partial charge in [-0.15, -0.1) is 0 Å². The summed E-state index contributed by atoms with van der Waals surface area (Å²) in [5.74, 6) is 0. The highest BCUT2D eigenvalue weighted by Crippen LogP contribution is 2.16. The first-order chi connectivity index (χ1) is 7.29. The molecule has 0 aliphatic heterocycles. The SMILES string of the molecule is CCc1cccc(-c2ccnc(=O)[nH]2)c1. The molecule has 0 radical (unpaired) electrons. The number of nitrogens with zero attached hydrogens (tertiary/aromatic N) is 1. The maximum absolute atomic E-state index is 11.1. The van der Waals surface area contributed by atoms with Crippen molar-refractivity contribution in [3.8, 4) is 11.3 Å². The average Bonchev–Trinajstić information content (AvgIpc) is 2.29. The van der Waals surface area contributed by atoms with Crippen molar-refractivity contribution in [2.24, 2.45) is 0 Å². The van der Waals surface area contributed by atoms with Crippen molar-refractivity contribution in [3.05, 3.63) is 52.6 Å². The number of aryl methyl sites for hydroxylation is 1. The highest BCUT2D eigenvalue weighted by molar-refractivity contribution is 5.59. The Bertz CT molecular complexity index is 517. The van der Waals surface area contributed by atoms with Crippen molar-refractivity contribution in [2.75, 3.05) is 0 Å². The van der Waals surface area contributed by atoms with Crippen molar-refractivity contribution in [3.63, 3.8) is 0 Å². The Labute approximate surface area is 87.8 Å². The summed E-state index contributed by atoms with van der Waals surface area (Å²) in [6.45, 7) is 2.11. The minimum atomic E-state index is -0.311. The van der Waals surface area contributed by atoms with E-state index in [1.807, 2.05) is 12.1 Å². The van der Waals surface area contributed by atoms with E-state index >= 15 is 0 Å². The van der Waals surface area contributed by atoms with Gasteiger partial charge in [0.25, 0.3) is 0 Å². The van der Waals surface area contributed by atoms with Gasteiger partial charge in [-0.2, -0.15) is 0 Å². The second kappa shape index (κ2) is 4.09. The van der Waals surface area contributed by atoms with Crippen LogP contribution in [0.5, 0.6) is 0 Å². The van der Waals surface area contributed by atoms with Crippen molar-refractivity contribution < 1.29 is 0 Å². The van der Waals surface area contributed by atoms with E-state index in [1.54, 1.807) is 6.07 Å². The first-order valence-electron chi connectivity index (χ1n) is 4.94. The van der Waals surface area contributed by atoms with Gasteiger partial charge in [0, 0.05) is 6.20 Å². The van der Waals surface area contributed by atoms with E-state index < -0.39 is 0 Å². The van der Waals surface area contributed by atoms with Gasteiger partial charge in [0.05, 0.1) is 5.69 Å². The molecule has 76 valence electrons. The molecule has 3 nitrogen and oxygen atoms in total. The lowest BCUT2D eigenvalue weighted by atomic mass is 10.1. The lowest BCUT2D eigenvalue weighted by Crippen LogP contribution is -2.09. The highest BCUT2D eigenvalue weighted by atomic mass is 16.1. The smallest absolute Gasteiger partial charge is 0.305 e. The van der Waals surface area contributed by atoms with Gasteiger partial charge < -0.3 is 4.98 Å². The molecule has 0 unspecified atom stereocenters. The van der Waals surface area contributed by atoms with E-state index in [0.717, 1.165) is 17.7 Å². The molecule has 0 saturated heterocycles. The van der Waals surface area contributed by atoms with E-state index in [0.29, 0.717) is 0 Å². The number of rotatable bonds is 2. The molecule has 1 heterocycles. The first-order valence-corrected chi connectivity index (χ1v) is 4.94. The zero-order valence-electron chi connectivity index (χ0n) is 8.53. The average molecular weight is 200 g/mol. The fourth-order valence-corrected chi connectivity index (χ4v) is 1.50. The predicted octanol–water partition coefficient (Wildman–Crippen LogP) is 2.00. The van der Waals surface area contributed by atoms with Crippen LogP contribution < -0.4 is 5.69 Å². The van der Waals surface area contributed by atoms with Crippen LogP contribution in [0.15, 0.2) is 41.3 Å². The number of aromatic nitrogens is 2. The molecule has 1 N–H and O–H groups in total. The molecular formula is C12H12N2O. The van der Waals surface area contributed by atoms with Gasteiger partial charge in [0.1, 0.15) is 0 Å². The third kappa shape index (κ3) is 2.13. The Morgan fingerprint density at radius 3 is 2.93 bits per heavy atom. The predicted molar refractivity (Wildman–Crippen MR) is 59.7 cm³/mol. The summed E-state index contributed by atoms with van der Waals surface area (Å²) in [6.07, 6.45) is 2.51. The highest BCUT2D eigenvalue weighted by Gasteiger charge is 1.98. The molecule has 0 saturated carbocycles. The summed E-state index contributed by atoms with van der Waals surface area (Å²) >= 11 is 0. The molecule has 0 aliphatic rings. The maximum atomic E-state index is 11.1. The quantitative estimate of drug-likeness (QED) is 0.805. The molecule has 0 fully saturated rings. The van der Waals surface area contributed by atoms with Gasteiger partial charge in [-0.3, -0.25) is 0 Å². The number of hydrogen-bond acceptors (Lipinski definition) is 2. The zero-order chi connectivity index (χ0) is 10.7. The summed E-state index contributed by atoms with van der Waals surface area (Å²) in [6, 6.07) is 9.92. The minimum absolute atomic E-state index is 0.311. The lowest BCUT2D eigenvalue weighted by molar-refractivity contribution is 1.08. The molecule has 0 amide bonds. The van der Waals surface area contributed by atoms with Gasteiger partial charge in [-0.05, 0) is 29.7 Å². The molecular weight excluding hydrogens is 188 g/mol. The fraction of sp³-hybridized carbons (Fsp3) is 0.167. The normalized spacial score (nSPS) is 10.2. The topological polar surface area (TPSA) is 45.8 Å². The van der Waals surface area contributed by atoms with Gasteiger partial charge in [0.15, 0.2) is 0 Å². The molecule has 1 aromatic heterocycles. The van der Waals surface area contributed by atoms with Crippen LogP contribution in [0.1, 0.15) is 12.5 Å².